The second-order valence-corrected chi connectivity index (χ2v) is 5.12. The highest BCUT2D eigenvalue weighted by molar-refractivity contribution is 6.01. The molecule has 1 fully saturated rings. The zero-order valence-electron chi connectivity index (χ0n) is 11.5. The van der Waals surface area contributed by atoms with Crippen molar-refractivity contribution < 1.29 is 9.90 Å². The Hall–Kier alpha value is -2.23. The monoisotopic (exact) mass is 270 g/mol. The normalized spacial score (nSPS) is 14.2. The van der Waals surface area contributed by atoms with Gasteiger partial charge in [-0.05, 0) is 50.0 Å². The number of phenolic OH excluding ortho intramolecular Hbond substituents is 1. The first-order valence-corrected chi connectivity index (χ1v) is 7.00. The zero-order valence-corrected chi connectivity index (χ0v) is 11.5. The van der Waals surface area contributed by atoms with Crippen molar-refractivity contribution in [1.82, 2.24) is 10.3 Å². The predicted molar refractivity (Wildman–Crippen MR) is 79.8 cm³/mol. The summed E-state index contributed by atoms with van der Waals surface area (Å²) in [5, 5.41) is 13.9. The number of nitrogens with one attached hydrogen (secondary N) is 2. The highest BCUT2D eigenvalue weighted by atomic mass is 16.3. The highest BCUT2D eigenvalue weighted by Crippen LogP contribution is 2.34. The Balaban J connectivity index is 2.15. The van der Waals surface area contributed by atoms with E-state index in [0.29, 0.717) is 11.8 Å². The summed E-state index contributed by atoms with van der Waals surface area (Å²) in [6.07, 6.45) is 4.20. The van der Waals surface area contributed by atoms with E-state index < -0.39 is 0 Å². The maximum atomic E-state index is 11.1. The molecule has 0 aliphatic heterocycles. The van der Waals surface area contributed by atoms with E-state index in [1.807, 2.05) is 6.07 Å². The third-order valence-corrected chi connectivity index (χ3v) is 3.87. The average molecular weight is 270 g/mol. The zero-order chi connectivity index (χ0) is 14.1. The van der Waals surface area contributed by atoms with Gasteiger partial charge in [-0.25, -0.2) is 0 Å². The van der Waals surface area contributed by atoms with Crippen LogP contribution in [0.3, 0.4) is 0 Å². The molecule has 1 aromatic carbocycles. The molecule has 0 amide bonds. The summed E-state index contributed by atoms with van der Waals surface area (Å²) in [5.41, 5.74) is 4.78. The largest absolute Gasteiger partial charge is 0.507 e. The van der Waals surface area contributed by atoms with Crippen molar-refractivity contribution in [3.8, 4) is 5.75 Å². The van der Waals surface area contributed by atoms with E-state index in [2.05, 4.69) is 17.2 Å². The van der Waals surface area contributed by atoms with Gasteiger partial charge in [0.15, 0.2) is 6.29 Å². The number of H-pyrrole nitrogens is 1. The minimum Gasteiger partial charge on any atom is -0.507 e. The first kappa shape index (κ1) is 12.8. The number of carbonyl (C=O) groups excluding carboxylic acids is 1. The Morgan fingerprint density at radius 2 is 2.25 bits per heavy atom. The van der Waals surface area contributed by atoms with Gasteiger partial charge in [0.05, 0.1) is 17.0 Å². The number of allylic oxidation sites excluding steroid dienone is 1. The van der Waals surface area contributed by atoms with Gasteiger partial charge in [0.2, 0.25) is 0 Å². The molecule has 0 atom stereocenters. The lowest BCUT2D eigenvalue weighted by molar-refractivity contribution is 0.112. The number of benzene rings is 1. The maximum absolute atomic E-state index is 11.1. The van der Waals surface area contributed by atoms with Crippen molar-refractivity contribution in [2.45, 2.75) is 26.2 Å². The van der Waals surface area contributed by atoms with Crippen LogP contribution in [0.25, 0.3) is 16.6 Å². The predicted octanol–water partition coefficient (Wildman–Crippen LogP) is 3.19. The Labute approximate surface area is 117 Å². The molecule has 4 nitrogen and oxygen atoms in total. The van der Waals surface area contributed by atoms with Gasteiger partial charge in [0.1, 0.15) is 5.75 Å². The first-order valence-electron chi connectivity index (χ1n) is 7.00. The molecule has 104 valence electrons. The second-order valence-electron chi connectivity index (χ2n) is 5.12. The van der Waals surface area contributed by atoms with Crippen LogP contribution >= 0.6 is 0 Å². The highest BCUT2D eigenvalue weighted by Gasteiger charge is 2.18. The lowest BCUT2D eigenvalue weighted by Gasteiger charge is -2.22. The van der Waals surface area contributed by atoms with Crippen LogP contribution in [0.15, 0.2) is 23.8 Å². The third kappa shape index (κ3) is 1.97. The molecule has 3 N–H and O–H groups in total. The van der Waals surface area contributed by atoms with E-state index in [9.17, 15) is 9.90 Å². The molecule has 1 aromatic heterocycles. The van der Waals surface area contributed by atoms with Crippen molar-refractivity contribution in [1.29, 1.82) is 0 Å². The van der Waals surface area contributed by atoms with Crippen LogP contribution in [0.5, 0.6) is 5.75 Å². The van der Waals surface area contributed by atoms with Gasteiger partial charge in [0.25, 0.3) is 0 Å². The Bertz CT molecular complexity index is 692. The molecule has 0 saturated heterocycles. The van der Waals surface area contributed by atoms with Crippen LogP contribution in [0.4, 0.5) is 0 Å². The second kappa shape index (κ2) is 5.04. The Morgan fingerprint density at radius 1 is 1.45 bits per heavy atom. The Kier molecular flexibility index (Phi) is 3.22. The number of aldehydes is 1. The number of fused-ring (bicyclic) bond motifs is 1. The van der Waals surface area contributed by atoms with Gasteiger partial charge in [-0.3, -0.25) is 4.79 Å². The van der Waals surface area contributed by atoms with E-state index in [4.69, 9.17) is 0 Å². The summed E-state index contributed by atoms with van der Waals surface area (Å²) in [5.74, 6) is 0.0272. The van der Waals surface area contributed by atoms with Gasteiger partial charge in [0, 0.05) is 17.4 Å². The summed E-state index contributed by atoms with van der Waals surface area (Å²) >= 11 is 0. The van der Waals surface area contributed by atoms with E-state index in [-0.39, 0.29) is 5.75 Å². The van der Waals surface area contributed by atoms with Crippen LogP contribution in [-0.2, 0) is 0 Å². The van der Waals surface area contributed by atoms with Crippen molar-refractivity contribution in [3.05, 3.63) is 35.0 Å². The number of hydrogen-bond acceptors (Lipinski definition) is 3. The molecule has 1 saturated carbocycles. The van der Waals surface area contributed by atoms with Crippen LogP contribution in [0, 0.1) is 0 Å². The third-order valence-electron chi connectivity index (χ3n) is 3.87. The van der Waals surface area contributed by atoms with Crippen molar-refractivity contribution >= 4 is 22.9 Å². The number of aromatic amines is 1. The Morgan fingerprint density at radius 3 is 2.85 bits per heavy atom. The number of aromatic hydroxyl groups is 1. The molecule has 0 radical (unpaired) electrons. The fourth-order valence-corrected chi connectivity index (χ4v) is 2.66. The van der Waals surface area contributed by atoms with Gasteiger partial charge in [-0.2, -0.15) is 0 Å². The summed E-state index contributed by atoms with van der Waals surface area (Å²) in [6.45, 7) is 2.94. The molecule has 20 heavy (non-hydrogen) atoms. The molecule has 1 aliphatic rings. The molecule has 0 bridgehead atoms. The number of carbonyl (C=O) groups is 1. The van der Waals surface area contributed by atoms with E-state index in [1.165, 1.54) is 12.0 Å². The van der Waals surface area contributed by atoms with Crippen LogP contribution in [0.1, 0.15) is 42.2 Å². The minimum absolute atomic E-state index is 0.0272. The molecular formula is C16H18N2O2. The molecule has 0 unspecified atom stereocenters. The molecule has 0 spiro atoms. The van der Waals surface area contributed by atoms with Gasteiger partial charge in [-0.15, -0.1) is 0 Å². The first-order chi connectivity index (χ1) is 9.74. The fourth-order valence-electron chi connectivity index (χ4n) is 2.66. The molecule has 1 heterocycles. The molecule has 2 aromatic rings. The quantitative estimate of drug-likeness (QED) is 0.747. The summed E-state index contributed by atoms with van der Waals surface area (Å²) in [7, 11) is 0. The smallest absolute Gasteiger partial charge is 0.154 e. The van der Waals surface area contributed by atoms with Crippen LogP contribution in [0.2, 0.25) is 0 Å². The van der Waals surface area contributed by atoms with Gasteiger partial charge < -0.3 is 15.4 Å². The molecule has 4 heteroatoms. The van der Waals surface area contributed by atoms with Gasteiger partial charge >= 0.3 is 0 Å². The SMILES string of the molecule is CCNC(=C1CCC1)c1cc2c(C=O)c(O)ccc2[nH]1. The average Bonchev–Trinajstić information content (AvgIpc) is 2.80. The van der Waals surface area contributed by atoms with E-state index in [1.54, 1.807) is 12.1 Å². The lowest BCUT2D eigenvalue weighted by atomic mass is 9.89. The van der Waals surface area contributed by atoms with E-state index >= 15 is 0 Å². The summed E-state index contributed by atoms with van der Waals surface area (Å²) in [6, 6.07) is 5.30. The maximum Gasteiger partial charge on any atom is 0.154 e. The number of rotatable bonds is 4. The minimum atomic E-state index is 0.0272. The standard InChI is InChI=1S/C16H18N2O2/c1-2-17-16(10-4-3-5-10)14-8-11-12(9-19)15(20)7-6-13(11)18-14/h6-9,17-18,20H,2-5H2,1H3. The van der Waals surface area contributed by atoms with Gasteiger partial charge in [-0.1, -0.05) is 0 Å². The number of phenols is 1. The number of hydrogen-bond donors (Lipinski definition) is 3. The summed E-state index contributed by atoms with van der Waals surface area (Å²) < 4.78 is 0. The van der Waals surface area contributed by atoms with Crippen molar-refractivity contribution in [3.63, 3.8) is 0 Å². The lowest BCUT2D eigenvalue weighted by Crippen LogP contribution is -2.16. The topological polar surface area (TPSA) is 65.1 Å². The molecular weight excluding hydrogens is 252 g/mol. The number of aromatic nitrogens is 1. The fraction of sp³-hybridized carbons (Fsp3) is 0.312. The van der Waals surface area contributed by atoms with Crippen LogP contribution < -0.4 is 5.32 Å². The van der Waals surface area contributed by atoms with Crippen molar-refractivity contribution in [2.75, 3.05) is 6.54 Å². The molecule has 3 rings (SSSR count). The van der Waals surface area contributed by atoms with Crippen LogP contribution in [-0.4, -0.2) is 22.9 Å². The summed E-state index contributed by atoms with van der Waals surface area (Å²) in [4.78, 5) is 14.5. The van der Waals surface area contributed by atoms with E-state index in [0.717, 1.165) is 41.7 Å². The molecule has 1 aliphatic carbocycles. The van der Waals surface area contributed by atoms with Crippen molar-refractivity contribution in [2.24, 2.45) is 0 Å².